The third kappa shape index (κ3) is 2.82. The number of nitrogens with one attached hydrogen (secondary N) is 1. The van der Waals surface area contributed by atoms with Crippen molar-refractivity contribution in [1.82, 2.24) is 5.32 Å². The maximum absolute atomic E-state index is 12.1. The van der Waals surface area contributed by atoms with Crippen LogP contribution in [0.15, 0.2) is 12.1 Å². The molecule has 0 saturated heterocycles. The Morgan fingerprint density at radius 1 is 1.29 bits per heavy atom. The zero-order valence-electron chi connectivity index (χ0n) is 12.8. The van der Waals surface area contributed by atoms with Crippen molar-refractivity contribution in [3.8, 4) is 0 Å². The first-order valence-corrected chi connectivity index (χ1v) is 7.12. The van der Waals surface area contributed by atoms with Gasteiger partial charge in [0.25, 0.3) is 11.7 Å². The molecule has 0 fully saturated rings. The first kappa shape index (κ1) is 15.2. The third-order valence-electron chi connectivity index (χ3n) is 3.74. The monoisotopic (exact) mass is 288 g/mol. The number of amides is 2. The van der Waals surface area contributed by atoms with Gasteiger partial charge in [-0.1, -0.05) is 13.0 Å². The lowest BCUT2D eigenvalue weighted by Crippen LogP contribution is -2.42. The minimum Gasteiger partial charge on any atom is -0.352 e. The summed E-state index contributed by atoms with van der Waals surface area (Å²) in [5.41, 5.74) is 2.69. The van der Waals surface area contributed by atoms with Crippen molar-refractivity contribution in [2.75, 3.05) is 11.4 Å². The Labute approximate surface area is 124 Å². The molecule has 5 nitrogen and oxygen atoms in total. The van der Waals surface area contributed by atoms with E-state index in [1.54, 1.807) is 13.0 Å². The molecule has 0 radical (unpaired) electrons. The maximum Gasteiger partial charge on any atom is 0.299 e. The van der Waals surface area contributed by atoms with Gasteiger partial charge in [-0.05, 0) is 44.4 Å². The van der Waals surface area contributed by atoms with Crippen LogP contribution >= 0.6 is 0 Å². The van der Waals surface area contributed by atoms with E-state index in [1.165, 1.54) is 4.90 Å². The number of anilines is 1. The second-order valence-corrected chi connectivity index (χ2v) is 5.57. The summed E-state index contributed by atoms with van der Waals surface area (Å²) in [6, 6.07) is 3.69. The number of fused-ring (bicyclic) bond motifs is 1. The second kappa shape index (κ2) is 5.68. The summed E-state index contributed by atoms with van der Waals surface area (Å²) in [5.74, 6) is -1.41. The molecule has 0 aromatic heterocycles. The average Bonchev–Trinajstić information content (AvgIpc) is 2.63. The summed E-state index contributed by atoms with van der Waals surface area (Å²) in [6.45, 7) is 7.46. The van der Waals surface area contributed by atoms with E-state index in [0.717, 1.165) is 17.5 Å². The van der Waals surface area contributed by atoms with Gasteiger partial charge in [0.1, 0.15) is 6.54 Å². The summed E-state index contributed by atoms with van der Waals surface area (Å²) < 4.78 is 0. The minimum atomic E-state index is -0.627. The predicted octanol–water partition coefficient (Wildman–Crippen LogP) is 1.75. The number of hydrogen-bond acceptors (Lipinski definition) is 3. The normalized spacial score (nSPS) is 15.1. The lowest BCUT2D eigenvalue weighted by Gasteiger charge is -2.18. The number of carbonyl (C=O) groups excluding carboxylic acids is 3. The van der Waals surface area contributed by atoms with Crippen molar-refractivity contribution in [3.05, 3.63) is 28.8 Å². The zero-order chi connectivity index (χ0) is 15.7. The number of Topliss-reactive ketones (excluding diaryl/α,β-unsaturated/α-hetero) is 1. The molecule has 1 unspecified atom stereocenters. The van der Waals surface area contributed by atoms with Gasteiger partial charge >= 0.3 is 0 Å². The Kier molecular flexibility index (Phi) is 4.11. The van der Waals surface area contributed by atoms with Crippen LogP contribution in [0.25, 0.3) is 0 Å². The zero-order valence-corrected chi connectivity index (χ0v) is 12.8. The summed E-state index contributed by atoms with van der Waals surface area (Å²) in [4.78, 5) is 37.4. The van der Waals surface area contributed by atoms with E-state index in [-0.39, 0.29) is 18.5 Å². The van der Waals surface area contributed by atoms with Crippen LogP contribution in [0.4, 0.5) is 5.69 Å². The molecule has 1 aromatic rings. The average molecular weight is 288 g/mol. The highest BCUT2D eigenvalue weighted by Crippen LogP contribution is 2.32. The fourth-order valence-electron chi connectivity index (χ4n) is 2.52. The Bertz CT molecular complexity index is 622. The van der Waals surface area contributed by atoms with Crippen molar-refractivity contribution in [2.24, 2.45) is 0 Å². The van der Waals surface area contributed by atoms with Crippen LogP contribution in [-0.4, -0.2) is 30.2 Å². The fraction of sp³-hybridized carbons (Fsp3) is 0.438. The SMILES string of the molecule is CCC(C)NC(=O)CN1C(=O)C(=O)c2c(C)cc(C)cc21. The number of carbonyl (C=O) groups is 3. The number of nitrogens with zero attached hydrogens (tertiary/aromatic N) is 1. The van der Waals surface area contributed by atoms with E-state index in [4.69, 9.17) is 0 Å². The molecule has 0 aliphatic carbocycles. The van der Waals surface area contributed by atoms with Gasteiger partial charge in [-0.2, -0.15) is 0 Å². The molecule has 112 valence electrons. The first-order valence-electron chi connectivity index (χ1n) is 7.12. The highest BCUT2D eigenvalue weighted by atomic mass is 16.2. The molecule has 1 N–H and O–H groups in total. The van der Waals surface area contributed by atoms with Gasteiger partial charge in [0.05, 0.1) is 11.3 Å². The van der Waals surface area contributed by atoms with Crippen LogP contribution in [0.1, 0.15) is 41.8 Å². The largest absolute Gasteiger partial charge is 0.352 e. The number of aryl methyl sites for hydroxylation is 2. The maximum atomic E-state index is 12.1. The van der Waals surface area contributed by atoms with Gasteiger partial charge in [0.2, 0.25) is 5.91 Å². The highest BCUT2D eigenvalue weighted by molar-refractivity contribution is 6.53. The van der Waals surface area contributed by atoms with Gasteiger partial charge in [0.15, 0.2) is 0 Å². The van der Waals surface area contributed by atoms with Crippen molar-refractivity contribution in [2.45, 2.75) is 40.2 Å². The van der Waals surface area contributed by atoms with Crippen LogP contribution in [0.3, 0.4) is 0 Å². The van der Waals surface area contributed by atoms with E-state index in [1.807, 2.05) is 26.8 Å². The standard InChI is InChI=1S/C16H20N2O3/c1-5-11(4)17-13(19)8-18-12-7-9(2)6-10(3)14(12)15(20)16(18)21/h6-7,11H,5,8H2,1-4H3,(H,17,19). The summed E-state index contributed by atoms with van der Waals surface area (Å²) in [5, 5.41) is 2.81. The van der Waals surface area contributed by atoms with Gasteiger partial charge < -0.3 is 5.32 Å². The summed E-state index contributed by atoms with van der Waals surface area (Å²) in [7, 11) is 0. The molecule has 1 aliphatic rings. The van der Waals surface area contributed by atoms with Gasteiger partial charge in [0, 0.05) is 6.04 Å². The molecule has 0 spiro atoms. The fourth-order valence-corrected chi connectivity index (χ4v) is 2.52. The van der Waals surface area contributed by atoms with E-state index in [9.17, 15) is 14.4 Å². The highest BCUT2D eigenvalue weighted by Gasteiger charge is 2.38. The Balaban J connectivity index is 2.29. The van der Waals surface area contributed by atoms with Crippen molar-refractivity contribution in [1.29, 1.82) is 0 Å². The van der Waals surface area contributed by atoms with Crippen LogP contribution in [0.5, 0.6) is 0 Å². The second-order valence-electron chi connectivity index (χ2n) is 5.57. The smallest absolute Gasteiger partial charge is 0.299 e. The van der Waals surface area contributed by atoms with E-state index in [0.29, 0.717) is 11.3 Å². The minimum absolute atomic E-state index is 0.0459. The van der Waals surface area contributed by atoms with Crippen LogP contribution in [0, 0.1) is 13.8 Å². The summed E-state index contributed by atoms with van der Waals surface area (Å²) >= 11 is 0. The van der Waals surface area contributed by atoms with Gasteiger partial charge in [-0.15, -0.1) is 0 Å². The van der Waals surface area contributed by atoms with Crippen LogP contribution in [-0.2, 0) is 9.59 Å². The summed E-state index contributed by atoms with van der Waals surface area (Å²) in [6.07, 6.45) is 0.813. The molecule has 21 heavy (non-hydrogen) atoms. The molecule has 1 aromatic carbocycles. The Morgan fingerprint density at radius 2 is 1.95 bits per heavy atom. The number of benzene rings is 1. The first-order chi connectivity index (χ1) is 9.85. The molecule has 1 atom stereocenters. The lowest BCUT2D eigenvalue weighted by molar-refractivity contribution is -0.122. The molecule has 0 saturated carbocycles. The van der Waals surface area contributed by atoms with Crippen molar-refractivity contribution >= 4 is 23.3 Å². The quantitative estimate of drug-likeness (QED) is 0.858. The van der Waals surface area contributed by atoms with E-state index < -0.39 is 11.7 Å². The number of rotatable bonds is 4. The molecule has 1 aliphatic heterocycles. The van der Waals surface area contributed by atoms with Crippen molar-refractivity contribution < 1.29 is 14.4 Å². The Hall–Kier alpha value is -2.17. The third-order valence-corrected chi connectivity index (χ3v) is 3.74. The van der Waals surface area contributed by atoms with Gasteiger partial charge in [-0.25, -0.2) is 0 Å². The van der Waals surface area contributed by atoms with Gasteiger partial charge in [-0.3, -0.25) is 19.3 Å². The molecular formula is C16H20N2O3. The molecule has 0 bridgehead atoms. The van der Waals surface area contributed by atoms with Crippen molar-refractivity contribution in [3.63, 3.8) is 0 Å². The Morgan fingerprint density at radius 3 is 2.57 bits per heavy atom. The molecular weight excluding hydrogens is 268 g/mol. The lowest BCUT2D eigenvalue weighted by atomic mass is 10.0. The van der Waals surface area contributed by atoms with E-state index >= 15 is 0 Å². The predicted molar refractivity (Wildman–Crippen MR) is 80.5 cm³/mol. The topological polar surface area (TPSA) is 66.5 Å². The number of ketones is 1. The number of hydrogen-bond donors (Lipinski definition) is 1. The molecule has 2 amide bonds. The van der Waals surface area contributed by atoms with Crippen LogP contribution in [0.2, 0.25) is 0 Å². The molecule has 2 rings (SSSR count). The molecule has 1 heterocycles. The molecule has 5 heteroatoms. The van der Waals surface area contributed by atoms with Crippen LogP contribution < -0.4 is 10.2 Å². The van der Waals surface area contributed by atoms with E-state index in [2.05, 4.69) is 5.32 Å².